The minimum absolute atomic E-state index is 0.0697. The third-order valence-corrected chi connectivity index (χ3v) is 6.81. The van der Waals surface area contributed by atoms with Crippen molar-refractivity contribution in [1.29, 1.82) is 0 Å². The van der Waals surface area contributed by atoms with E-state index in [1.807, 2.05) is 0 Å². The van der Waals surface area contributed by atoms with Gasteiger partial charge >= 0.3 is 6.18 Å². The number of hydrogen-bond donors (Lipinski definition) is 3. The second kappa shape index (κ2) is 10.7. The van der Waals surface area contributed by atoms with Crippen molar-refractivity contribution in [3.8, 4) is 0 Å². The molecule has 3 nitrogen and oxygen atoms in total. The van der Waals surface area contributed by atoms with Crippen LogP contribution in [0.4, 0.5) is 18.9 Å². The fourth-order valence-electron chi connectivity index (χ4n) is 4.95. The summed E-state index contributed by atoms with van der Waals surface area (Å²) in [6.45, 7) is 6.91. The van der Waals surface area contributed by atoms with Crippen LogP contribution >= 0.6 is 0 Å². The SMILES string of the molecule is C[C@H](CC[C@@H]1[C@H](C)c2cc(C(F)(F)F)ccc2N[C@H]1C1C=CC=CC1)CNCCCN. The van der Waals surface area contributed by atoms with Crippen molar-refractivity contribution < 1.29 is 13.2 Å². The Bertz CT molecular complexity index is 772. The first kappa shape index (κ1) is 23.9. The molecule has 1 aromatic rings. The smallest absolute Gasteiger partial charge is 0.381 e. The highest BCUT2D eigenvalue weighted by Gasteiger charge is 2.39. The van der Waals surface area contributed by atoms with Gasteiger partial charge in [0.25, 0.3) is 0 Å². The van der Waals surface area contributed by atoms with Crippen LogP contribution in [0.1, 0.15) is 56.6 Å². The normalized spacial score (nSPS) is 26.4. The lowest BCUT2D eigenvalue weighted by Crippen LogP contribution is -2.42. The molecule has 5 atom stereocenters. The van der Waals surface area contributed by atoms with Crippen molar-refractivity contribution in [1.82, 2.24) is 5.32 Å². The molecular formula is C25H36F3N3. The largest absolute Gasteiger partial charge is 0.416 e. The molecule has 6 heteroatoms. The molecule has 0 spiro atoms. The van der Waals surface area contributed by atoms with Gasteiger partial charge in [0, 0.05) is 17.6 Å². The second-order valence-electron chi connectivity index (χ2n) is 9.16. The van der Waals surface area contributed by atoms with E-state index >= 15 is 0 Å². The van der Waals surface area contributed by atoms with Crippen LogP contribution in [0.25, 0.3) is 0 Å². The van der Waals surface area contributed by atoms with Crippen LogP contribution in [0.15, 0.2) is 42.5 Å². The first-order chi connectivity index (χ1) is 14.8. The van der Waals surface area contributed by atoms with Crippen LogP contribution < -0.4 is 16.4 Å². The van der Waals surface area contributed by atoms with Crippen molar-refractivity contribution >= 4 is 5.69 Å². The second-order valence-corrected chi connectivity index (χ2v) is 9.16. The lowest BCUT2D eigenvalue weighted by molar-refractivity contribution is -0.137. The summed E-state index contributed by atoms with van der Waals surface area (Å²) in [4.78, 5) is 0. The molecule has 0 amide bonds. The Morgan fingerprint density at radius 1 is 1.26 bits per heavy atom. The predicted octanol–water partition coefficient (Wildman–Crippen LogP) is 5.71. The lowest BCUT2D eigenvalue weighted by atomic mass is 9.70. The van der Waals surface area contributed by atoms with Gasteiger partial charge in [-0.25, -0.2) is 0 Å². The highest BCUT2D eigenvalue weighted by Crippen LogP contribution is 2.45. The third kappa shape index (κ3) is 6.13. The van der Waals surface area contributed by atoms with Gasteiger partial charge in [0.1, 0.15) is 0 Å². The summed E-state index contributed by atoms with van der Waals surface area (Å²) < 4.78 is 40.0. The van der Waals surface area contributed by atoms with Gasteiger partial charge in [0.2, 0.25) is 0 Å². The van der Waals surface area contributed by atoms with Crippen molar-refractivity contribution in [2.24, 2.45) is 23.5 Å². The molecule has 4 N–H and O–H groups in total. The van der Waals surface area contributed by atoms with Crippen LogP contribution in [-0.2, 0) is 6.18 Å². The van der Waals surface area contributed by atoms with Crippen molar-refractivity contribution in [3.05, 3.63) is 53.6 Å². The third-order valence-electron chi connectivity index (χ3n) is 6.81. The molecule has 1 heterocycles. The zero-order valence-corrected chi connectivity index (χ0v) is 18.6. The Morgan fingerprint density at radius 2 is 2.06 bits per heavy atom. The quantitative estimate of drug-likeness (QED) is 0.436. The number of halogens is 3. The van der Waals surface area contributed by atoms with E-state index in [1.165, 1.54) is 12.1 Å². The van der Waals surface area contributed by atoms with Gasteiger partial charge < -0.3 is 16.4 Å². The van der Waals surface area contributed by atoms with Gasteiger partial charge in [0.15, 0.2) is 0 Å². The average Bonchev–Trinajstić information content (AvgIpc) is 2.75. The first-order valence-corrected chi connectivity index (χ1v) is 11.5. The molecule has 0 radical (unpaired) electrons. The van der Waals surface area contributed by atoms with Gasteiger partial charge in [-0.1, -0.05) is 38.2 Å². The summed E-state index contributed by atoms with van der Waals surface area (Å²) >= 11 is 0. The molecule has 0 bridgehead atoms. The minimum Gasteiger partial charge on any atom is -0.381 e. The van der Waals surface area contributed by atoms with E-state index in [1.54, 1.807) is 6.07 Å². The van der Waals surface area contributed by atoms with E-state index < -0.39 is 11.7 Å². The van der Waals surface area contributed by atoms with E-state index in [0.29, 0.717) is 18.4 Å². The number of rotatable bonds is 9. The highest BCUT2D eigenvalue weighted by atomic mass is 19.4. The maximum absolute atomic E-state index is 13.3. The molecule has 0 fully saturated rings. The minimum atomic E-state index is -4.32. The molecule has 31 heavy (non-hydrogen) atoms. The Kier molecular flexibility index (Phi) is 8.23. The fraction of sp³-hybridized carbons (Fsp3) is 0.600. The number of hydrogen-bond acceptors (Lipinski definition) is 3. The first-order valence-electron chi connectivity index (χ1n) is 11.5. The predicted molar refractivity (Wildman–Crippen MR) is 122 cm³/mol. The number of benzene rings is 1. The van der Waals surface area contributed by atoms with Gasteiger partial charge in [-0.2, -0.15) is 13.2 Å². The molecule has 1 aliphatic carbocycles. The number of alkyl halides is 3. The maximum atomic E-state index is 13.3. The van der Waals surface area contributed by atoms with Crippen LogP contribution in [0.3, 0.4) is 0 Å². The molecular weight excluding hydrogens is 399 g/mol. The van der Waals surface area contributed by atoms with E-state index in [9.17, 15) is 13.2 Å². The molecule has 0 saturated carbocycles. The molecule has 0 aromatic heterocycles. The van der Waals surface area contributed by atoms with Crippen LogP contribution in [-0.4, -0.2) is 25.7 Å². The monoisotopic (exact) mass is 435 g/mol. The summed E-state index contributed by atoms with van der Waals surface area (Å²) in [5, 5.41) is 7.09. The Morgan fingerprint density at radius 3 is 2.74 bits per heavy atom. The number of nitrogens with one attached hydrogen (secondary N) is 2. The molecule has 1 unspecified atom stereocenters. The summed E-state index contributed by atoms with van der Waals surface area (Å²) in [7, 11) is 0. The van der Waals surface area contributed by atoms with Crippen LogP contribution in [0.5, 0.6) is 0 Å². The highest BCUT2D eigenvalue weighted by molar-refractivity contribution is 5.58. The van der Waals surface area contributed by atoms with Gasteiger partial charge in [-0.05, 0) is 86.8 Å². The van der Waals surface area contributed by atoms with Crippen molar-refractivity contribution in [2.75, 3.05) is 25.0 Å². The van der Waals surface area contributed by atoms with Gasteiger partial charge in [-0.3, -0.25) is 0 Å². The molecule has 172 valence electrons. The molecule has 1 aliphatic heterocycles. The zero-order valence-electron chi connectivity index (χ0n) is 18.6. The van der Waals surface area contributed by atoms with Crippen LogP contribution in [0.2, 0.25) is 0 Å². The van der Waals surface area contributed by atoms with Crippen LogP contribution in [0, 0.1) is 17.8 Å². The standard InChI is InChI=1S/C25H36F3N3/c1-17(16-30-14-6-13-29)9-11-21-18(2)22-15-20(25(26,27)28)10-12-23(22)31-24(21)19-7-4-3-5-8-19/h3-5,7,10,12,15,17-19,21,24,30-31H,6,8-9,11,13-14,16,29H2,1-2H3/t17-,18+,19?,21-,24+/m1/s1. The summed E-state index contributed by atoms with van der Waals surface area (Å²) in [5.41, 5.74) is 6.63. The average molecular weight is 436 g/mol. The lowest BCUT2D eigenvalue weighted by Gasteiger charge is -2.43. The maximum Gasteiger partial charge on any atom is 0.416 e. The van der Waals surface area contributed by atoms with E-state index in [0.717, 1.165) is 50.0 Å². The van der Waals surface area contributed by atoms with Crippen molar-refractivity contribution in [3.63, 3.8) is 0 Å². The number of allylic oxidation sites excluding steroid dienone is 3. The molecule has 3 rings (SSSR count). The molecule has 2 aliphatic rings. The van der Waals surface area contributed by atoms with Gasteiger partial charge in [0.05, 0.1) is 5.56 Å². The zero-order chi connectivity index (χ0) is 22.4. The topological polar surface area (TPSA) is 50.1 Å². The fourth-order valence-corrected chi connectivity index (χ4v) is 4.95. The number of fused-ring (bicyclic) bond motifs is 1. The number of anilines is 1. The van der Waals surface area contributed by atoms with E-state index in [-0.39, 0.29) is 17.9 Å². The summed E-state index contributed by atoms with van der Waals surface area (Å²) in [6, 6.07) is 4.38. The summed E-state index contributed by atoms with van der Waals surface area (Å²) in [6.07, 6.45) is 8.22. The van der Waals surface area contributed by atoms with E-state index in [4.69, 9.17) is 5.73 Å². The van der Waals surface area contributed by atoms with Crippen molar-refractivity contribution in [2.45, 2.75) is 57.7 Å². The Labute approximate surface area is 184 Å². The molecule has 0 saturated heterocycles. The van der Waals surface area contributed by atoms with Gasteiger partial charge in [-0.15, -0.1) is 0 Å². The number of nitrogens with two attached hydrogens (primary N) is 1. The Balaban J connectivity index is 1.76. The van der Waals surface area contributed by atoms with E-state index in [2.05, 4.69) is 48.8 Å². The molecule has 1 aromatic carbocycles. The Hall–Kier alpha value is -1.79. The summed E-state index contributed by atoms with van der Waals surface area (Å²) in [5.74, 6) is 1.21.